The van der Waals surface area contributed by atoms with Crippen LogP contribution in [0.4, 0.5) is 0 Å². The number of nitrogens with zero attached hydrogens (tertiary/aromatic N) is 1. The lowest BCUT2D eigenvalue weighted by molar-refractivity contribution is -0.138. The molecule has 4 aliphatic rings. The summed E-state index contributed by atoms with van der Waals surface area (Å²) in [6, 6.07) is 0. The third-order valence-corrected chi connectivity index (χ3v) is 3.17. The third kappa shape index (κ3) is 0.428. The quantitative estimate of drug-likeness (QED) is 0.492. The van der Waals surface area contributed by atoms with Gasteiger partial charge in [-0.1, -0.05) is 6.92 Å². The topological polar surface area (TPSA) is 37.4 Å². The molecule has 3 heterocycles. The maximum absolute atomic E-state index is 11.4. The predicted octanol–water partition coefficient (Wildman–Crippen LogP) is 0.669. The molecule has 0 aromatic carbocycles. The molecule has 2 unspecified atom stereocenters. The minimum atomic E-state index is -0.0521. The summed E-state index contributed by atoms with van der Waals surface area (Å²) in [4.78, 5) is 24.1. The molecule has 0 radical (unpaired) electrons. The van der Waals surface area contributed by atoms with E-state index >= 15 is 0 Å². The van der Waals surface area contributed by atoms with Gasteiger partial charge in [0, 0.05) is 5.70 Å². The molecular formula is C9H9NO2. The van der Waals surface area contributed by atoms with Crippen LogP contribution in [0.2, 0.25) is 0 Å². The van der Waals surface area contributed by atoms with Crippen molar-refractivity contribution in [2.24, 2.45) is 11.8 Å². The van der Waals surface area contributed by atoms with E-state index in [4.69, 9.17) is 0 Å². The van der Waals surface area contributed by atoms with E-state index in [-0.39, 0.29) is 17.7 Å². The van der Waals surface area contributed by atoms with Gasteiger partial charge in [0.1, 0.15) is 0 Å². The minimum absolute atomic E-state index is 0.0217. The maximum atomic E-state index is 11.4. The van der Waals surface area contributed by atoms with Crippen LogP contribution in [0, 0.1) is 11.8 Å². The molecule has 1 fully saturated rings. The van der Waals surface area contributed by atoms with Crippen LogP contribution in [-0.4, -0.2) is 16.7 Å². The highest BCUT2D eigenvalue weighted by atomic mass is 16.2. The maximum Gasteiger partial charge on any atom is 0.263 e. The largest absolute Gasteiger partial charge is 0.273 e. The number of rotatable bonds is 0. The van der Waals surface area contributed by atoms with E-state index < -0.39 is 0 Å². The van der Waals surface area contributed by atoms with E-state index in [1.807, 2.05) is 0 Å². The number of allylic oxidation sites excluding steroid dienone is 1. The van der Waals surface area contributed by atoms with Crippen LogP contribution in [0.15, 0.2) is 11.3 Å². The highest BCUT2D eigenvalue weighted by Crippen LogP contribution is 2.51. The zero-order valence-electron chi connectivity index (χ0n) is 6.83. The molecule has 4 rings (SSSR count). The highest BCUT2D eigenvalue weighted by Gasteiger charge is 2.58. The van der Waals surface area contributed by atoms with Gasteiger partial charge >= 0.3 is 0 Å². The van der Waals surface area contributed by atoms with Gasteiger partial charge in [0.05, 0.1) is 11.5 Å². The summed E-state index contributed by atoms with van der Waals surface area (Å²) in [5, 5.41) is 0. The van der Waals surface area contributed by atoms with E-state index in [2.05, 4.69) is 6.92 Å². The molecular weight excluding hydrogens is 154 g/mol. The van der Waals surface area contributed by atoms with E-state index in [1.165, 1.54) is 4.90 Å². The Kier molecular flexibility index (Phi) is 0.868. The monoisotopic (exact) mass is 163 g/mol. The first kappa shape index (κ1) is 6.40. The van der Waals surface area contributed by atoms with Gasteiger partial charge in [-0.25, -0.2) is 4.90 Å². The number of hydrogen-bond donors (Lipinski definition) is 0. The second-order valence-corrected chi connectivity index (χ2v) is 3.81. The molecule has 4 bridgehead atoms. The summed E-state index contributed by atoms with van der Waals surface area (Å²) < 4.78 is 0. The zero-order valence-corrected chi connectivity index (χ0v) is 6.83. The normalized spacial score (nSPS) is 37.6. The van der Waals surface area contributed by atoms with Crippen molar-refractivity contribution < 1.29 is 9.59 Å². The van der Waals surface area contributed by atoms with Crippen molar-refractivity contribution in [2.75, 3.05) is 0 Å². The Labute approximate surface area is 70.0 Å². The van der Waals surface area contributed by atoms with Gasteiger partial charge in [-0.05, 0) is 18.8 Å². The standard InChI is InChI=1S/C9H9NO2/c1-4-2-3-5-6-7(4)10(8(5)11)9(6)12/h4-5H,2-3H2,1H3. The summed E-state index contributed by atoms with van der Waals surface area (Å²) in [6.07, 6.45) is 1.93. The van der Waals surface area contributed by atoms with Crippen molar-refractivity contribution in [2.45, 2.75) is 19.8 Å². The zero-order chi connectivity index (χ0) is 8.46. The second-order valence-electron chi connectivity index (χ2n) is 3.81. The summed E-state index contributed by atoms with van der Waals surface area (Å²) >= 11 is 0. The molecule has 0 aromatic rings. The van der Waals surface area contributed by atoms with Crippen molar-refractivity contribution in [1.82, 2.24) is 4.90 Å². The van der Waals surface area contributed by atoms with Crippen LogP contribution in [0.3, 0.4) is 0 Å². The van der Waals surface area contributed by atoms with Crippen molar-refractivity contribution in [3.05, 3.63) is 11.3 Å². The fourth-order valence-electron chi connectivity index (χ4n) is 2.54. The lowest BCUT2D eigenvalue weighted by Gasteiger charge is -2.31. The number of imide groups is 1. The molecule has 0 spiro atoms. The summed E-state index contributed by atoms with van der Waals surface area (Å²) in [7, 11) is 0. The molecule has 0 N–H and O–H groups in total. The van der Waals surface area contributed by atoms with Gasteiger partial charge in [0.15, 0.2) is 0 Å². The fourth-order valence-corrected chi connectivity index (χ4v) is 2.54. The molecule has 0 saturated carbocycles. The number of carbonyl (C=O) groups excluding carboxylic acids is 2. The van der Waals surface area contributed by atoms with Crippen molar-refractivity contribution in [1.29, 1.82) is 0 Å². The Balaban J connectivity index is 2.20. The Morgan fingerprint density at radius 2 is 2.08 bits per heavy atom. The fraction of sp³-hybridized carbons (Fsp3) is 0.556. The average Bonchev–Trinajstić information content (AvgIpc) is 2.42. The van der Waals surface area contributed by atoms with Gasteiger partial charge < -0.3 is 0 Å². The van der Waals surface area contributed by atoms with Gasteiger partial charge in [-0.2, -0.15) is 0 Å². The number of amides is 2. The van der Waals surface area contributed by atoms with Crippen LogP contribution in [-0.2, 0) is 9.59 Å². The third-order valence-electron chi connectivity index (χ3n) is 3.17. The number of hydrogen-bond acceptors (Lipinski definition) is 2. The molecule has 3 heteroatoms. The Morgan fingerprint density at radius 1 is 1.33 bits per heavy atom. The lowest BCUT2D eigenvalue weighted by Crippen LogP contribution is -2.39. The second kappa shape index (κ2) is 1.63. The van der Waals surface area contributed by atoms with Gasteiger partial charge in [0.25, 0.3) is 5.91 Å². The molecule has 3 aliphatic heterocycles. The van der Waals surface area contributed by atoms with Gasteiger partial charge in [0.2, 0.25) is 5.91 Å². The SMILES string of the molecule is CC1CCC2C(=O)N3C(=O)C2=C13. The summed E-state index contributed by atoms with van der Waals surface area (Å²) in [5.41, 5.74) is 1.86. The summed E-state index contributed by atoms with van der Waals surface area (Å²) in [6.45, 7) is 2.09. The molecule has 1 saturated heterocycles. The molecule has 1 aliphatic carbocycles. The van der Waals surface area contributed by atoms with Crippen molar-refractivity contribution >= 4 is 11.8 Å². The Hall–Kier alpha value is -1.12. The van der Waals surface area contributed by atoms with Gasteiger partial charge in [-0.15, -0.1) is 0 Å². The molecule has 12 heavy (non-hydrogen) atoms. The lowest BCUT2D eigenvalue weighted by atomic mass is 9.81. The molecule has 2 atom stereocenters. The van der Waals surface area contributed by atoms with Crippen LogP contribution in [0.5, 0.6) is 0 Å². The van der Waals surface area contributed by atoms with E-state index in [1.54, 1.807) is 0 Å². The van der Waals surface area contributed by atoms with Crippen LogP contribution in [0.25, 0.3) is 0 Å². The first-order valence-corrected chi connectivity index (χ1v) is 4.34. The Bertz CT molecular complexity index is 342. The molecule has 3 nitrogen and oxygen atoms in total. The molecule has 0 aromatic heterocycles. The van der Waals surface area contributed by atoms with E-state index in [0.717, 1.165) is 24.1 Å². The Morgan fingerprint density at radius 3 is 2.75 bits per heavy atom. The number of carbonyl (C=O) groups is 2. The van der Waals surface area contributed by atoms with Crippen molar-refractivity contribution in [3.8, 4) is 0 Å². The summed E-state index contributed by atoms with van der Waals surface area (Å²) in [5.74, 6) is 0.380. The van der Waals surface area contributed by atoms with Gasteiger partial charge in [-0.3, -0.25) is 9.59 Å². The van der Waals surface area contributed by atoms with Crippen LogP contribution < -0.4 is 0 Å². The average molecular weight is 163 g/mol. The first-order valence-electron chi connectivity index (χ1n) is 4.34. The van der Waals surface area contributed by atoms with E-state index in [0.29, 0.717) is 5.92 Å². The molecule has 2 amide bonds. The minimum Gasteiger partial charge on any atom is -0.273 e. The van der Waals surface area contributed by atoms with Crippen LogP contribution >= 0.6 is 0 Å². The smallest absolute Gasteiger partial charge is 0.263 e. The predicted molar refractivity (Wildman–Crippen MR) is 40.8 cm³/mol. The molecule has 62 valence electrons. The first-order chi connectivity index (χ1) is 5.72. The highest BCUT2D eigenvalue weighted by molar-refractivity contribution is 6.22. The van der Waals surface area contributed by atoms with E-state index in [9.17, 15) is 9.59 Å². The van der Waals surface area contributed by atoms with Crippen LogP contribution in [0.1, 0.15) is 19.8 Å². The van der Waals surface area contributed by atoms with Crippen molar-refractivity contribution in [3.63, 3.8) is 0 Å².